The Bertz CT molecular complexity index is 1190. The second-order valence-electron chi connectivity index (χ2n) is 7.06. The Balaban J connectivity index is 1.57. The largest absolute Gasteiger partial charge is 0.325 e. The van der Waals surface area contributed by atoms with Crippen LogP contribution in [0, 0.1) is 6.92 Å². The lowest BCUT2D eigenvalue weighted by atomic mass is 10.2. The second kappa shape index (κ2) is 9.81. The number of benzene rings is 3. The molecule has 3 aromatic carbocycles. The number of carbonyl (C=O) groups excluding carboxylic acids is 1. The van der Waals surface area contributed by atoms with E-state index in [2.05, 4.69) is 27.6 Å². The van der Waals surface area contributed by atoms with Gasteiger partial charge in [-0.15, -0.1) is 10.2 Å². The average Bonchev–Trinajstić information content (AvgIpc) is 3.15. The first-order chi connectivity index (χ1) is 15.1. The molecule has 1 heterocycles. The van der Waals surface area contributed by atoms with Crippen LogP contribution in [0.2, 0.25) is 5.02 Å². The van der Waals surface area contributed by atoms with E-state index in [0.29, 0.717) is 22.5 Å². The molecule has 1 N–H and O–H groups in total. The maximum atomic E-state index is 12.5. The molecule has 0 atom stereocenters. The van der Waals surface area contributed by atoms with Crippen LogP contribution in [0.15, 0.2) is 84.0 Å². The highest BCUT2D eigenvalue weighted by molar-refractivity contribution is 7.99. The van der Waals surface area contributed by atoms with E-state index >= 15 is 0 Å². The van der Waals surface area contributed by atoms with Crippen molar-refractivity contribution in [3.63, 3.8) is 0 Å². The van der Waals surface area contributed by atoms with Gasteiger partial charge in [-0.3, -0.25) is 9.36 Å². The molecular formula is C24H21ClN4OS. The molecule has 1 aromatic heterocycles. The second-order valence-corrected chi connectivity index (χ2v) is 8.41. The van der Waals surface area contributed by atoms with E-state index < -0.39 is 0 Å². The van der Waals surface area contributed by atoms with Gasteiger partial charge < -0.3 is 5.32 Å². The first-order valence-electron chi connectivity index (χ1n) is 9.81. The number of halogens is 1. The maximum Gasteiger partial charge on any atom is 0.234 e. The minimum Gasteiger partial charge on any atom is -0.325 e. The molecule has 5 nitrogen and oxygen atoms in total. The molecule has 4 aromatic rings. The molecule has 0 radical (unpaired) electrons. The smallest absolute Gasteiger partial charge is 0.234 e. The zero-order valence-electron chi connectivity index (χ0n) is 17.0. The Morgan fingerprint density at radius 2 is 1.77 bits per heavy atom. The summed E-state index contributed by atoms with van der Waals surface area (Å²) in [6, 6.07) is 25.4. The molecule has 31 heavy (non-hydrogen) atoms. The minimum atomic E-state index is -0.0934. The molecule has 156 valence electrons. The number of nitrogens with zero attached hydrogens (tertiary/aromatic N) is 3. The van der Waals surface area contributed by atoms with E-state index in [4.69, 9.17) is 11.6 Å². The summed E-state index contributed by atoms with van der Waals surface area (Å²) in [6.45, 7) is 2.57. The van der Waals surface area contributed by atoms with Crippen molar-refractivity contribution < 1.29 is 4.79 Å². The molecule has 4 rings (SSSR count). The van der Waals surface area contributed by atoms with Gasteiger partial charge in [0.05, 0.1) is 17.3 Å². The number of rotatable bonds is 7. The third-order valence-corrected chi connectivity index (χ3v) is 5.95. The van der Waals surface area contributed by atoms with Crippen molar-refractivity contribution in [1.82, 2.24) is 14.8 Å². The van der Waals surface area contributed by atoms with Crippen LogP contribution >= 0.6 is 23.4 Å². The molecule has 0 unspecified atom stereocenters. The van der Waals surface area contributed by atoms with Gasteiger partial charge in [0.1, 0.15) is 0 Å². The fraction of sp³-hybridized carbons (Fsp3) is 0.125. The summed E-state index contributed by atoms with van der Waals surface area (Å²) in [6.07, 6.45) is 0. The number of thioether (sulfide) groups is 1. The first kappa shape index (κ1) is 21.2. The summed E-state index contributed by atoms with van der Waals surface area (Å²) in [5, 5.41) is 13.0. The van der Waals surface area contributed by atoms with Crippen LogP contribution in [0.25, 0.3) is 11.4 Å². The Morgan fingerprint density at radius 3 is 2.55 bits per heavy atom. The van der Waals surface area contributed by atoms with E-state index in [-0.39, 0.29) is 11.7 Å². The number of hydrogen-bond acceptors (Lipinski definition) is 4. The molecule has 0 spiro atoms. The van der Waals surface area contributed by atoms with Gasteiger partial charge in [-0.1, -0.05) is 78.0 Å². The first-order valence-corrected chi connectivity index (χ1v) is 11.2. The Kier molecular flexibility index (Phi) is 6.70. The monoisotopic (exact) mass is 448 g/mol. The number of aromatic nitrogens is 3. The molecule has 0 fully saturated rings. The van der Waals surface area contributed by atoms with Crippen molar-refractivity contribution in [2.75, 3.05) is 11.1 Å². The van der Waals surface area contributed by atoms with Gasteiger partial charge in [0.2, 0.25) is 5.91 Å². The Morgan fingerprint density at radius 1 is 1.00 bits per heavy atom. The summed E-state index contributed by atoms with van der Waals surface area (Å²) >= 11 is 7.77. The fourth-order valence-electron chi connectivity index (χ4n) is 3.20. The summed E-state index contributed by atoms with van der Waals surface area (Å²) in [5.74, 6) is 0.809. The van der Waals surface area contributed by atoms with Crippen LogP contribution in [0.5, 0.6) is 0 Å². The topological polar surface area (TPSA) is 59.8 Å². The highest BCUT2D eigenvalue weighted by atomic mass is 35.5. The Hall–Kier alpha value is -3.09. The minimum absolute atomic E-state index is 0.0934. The lowest BCUT2D eigenvalue weighted by Crippen LogP contribution is -2.15. The van der Waals surface area contributed by atoms with Crippen molar-refractivity contribution in [2.45, 2.75) is 18.6 Å². The highest BCUT2D eigenvalue weighted by Gasteiger charge is 2.18. The number of anilines is 1. The van der Waals surface area contributed by atoms with Gasteiger partial charge in [0.15, 0.2) is 11.0 Å². The fourth-order valence-corrected chi connectivity index (χ4v) is 4.15. The van der Waals surface area contributed by atoms with Crippen LogP contribution < -0.4 is 5.32 Å². The molecule has 0 aliphatic heterocycles. The summed E-state index contributed by atoms with van der Waals surface area (Å²) in [5.41, 5.74) is 3.80. The van der Waals surface area contributed by atoms with Crippen molar-refractivity contribution in [2.24, 2.45) is 0 Å². The van der Waals surface area contributed by atoms with Crippen molar-refractivity contribution in [1.29, 1.82) is 0 Å². The Labute approximate surface area is 190 Å². The van der Waals surface area contributed by atoms with Crippen LogP contribution in [0.4, 0.5) is 5.69 Å². The molecule has 0 bridgehead atoms. The molecule has 0 aliphatic carbocycles. The van der Waals surface area contributed by atoms with Gasteiger partial charge in [0, 0.05) is 11.3 Å². The summed E-state index contributed by atoms with van der Waals surface area (Å²) in [7, 11) is 0. The van der Waals surface area contributed by atoms with Gasteiger partial charge in [-0.05, 0) is 42.3 Å². The van der Waals surface area contributed by atoms with Crippen LogP contribution in [0.3, 0.4) is 0 Å². The molecular weight excluding hydrogens is 428 g/mol. The number of carbonyl (C=O) groups is 1. The molecule has 0 aliphatic rings. The summed E-state index contributed by atoms with van der Waals surface area (Å²) in [4.78, 5) is 12.5. The third-order valence-electron chi connectivity index (χ3n) is 4.65. The normalized spacial score (nSPS) is 10.8. The highest BCUT2D eigenvalue weighted by Crippen LogP contribution is 2.30. The van der Waals surface area contributed by atoms with Crippen molar-refractivity contribution in [3.8, 4) is 11.4 Å². The number of aryl methyl sites for hydroxylation is 1. The van der Waals surface area contributed by atoms with Gasteiger partial charge in [-0.25, -0.2) is 0 Å². The molecule has 0 saturated carbocycles. The predicted octanol–water partition coefficient (Wildman–Crippen LogP) is 5.69. The number of nitrogens with one attached hydrogen (secondary N) is 1. The van der Waals surface area contributed by atoms with E-state index in [1.807, 2.05) is 78.2 Å². The van der Waals surface area contributed by atoms with Crippen LogP contribution in [-0.2, 0) is 11.3 Å². The van der Waals surface area contributed by atoms with E-state index in [0.717, 1.165) is 22.4 Å². The van der Waals surface area contributed by atoms with Gasteiger partial charge >= 0.3 is 0 Å². The maximum absolute atomic E-state index is 12.5. The van der Waals surface area contributed by atoms with Crippen LogP contribution in [-0.4, -0.2) is 26.4 Å². The zero-order valence-corrected chi connectivity index (χ0v) is 18.5. The van der Waals surface area contributed by atoms with Gasteiger partial charge in [0.25, 0.3) is 0 Å². The standard InChI is InChI=1S/C24H21ClN4OS/c1-17-8-7-11-19(14-17)26-22(30)16-31-24-28-27-23(20-12-5-6-13-21(20)25)29(24)15-18-9-3-2-4-10-18/h2-14H,15-16H2,1H3,(H,26,30). The average molecular weight is 449 g/mol. The summed E-state index contributed by atoms with van der Waals surface area (Å²) < 4.78 is 2.00. The van der Waals surface area contributed by atoms with Crippen molar-refractivity contribution >= 4 is 35.0 Å². The predicted molar refractivity (Wildman–Crippen MR) is 127 cm³/mol. The van der Waals surface area contributed by atoms with Crippen molar-refractivity contribution in [3.05, 3.63) is 95.0 Å². The van der Waals surface area contributed by atoms with Gasteiger partial charge in [-0.2, -0.15) is 0 Å². The van der Waals surface area contributed by atoms with E-state index in [1.165, 1.54) is 11.8 Å². The quantitative estimate of drug-likeness (QED) is 0.369. The molecule has 7 heteroatoms. The molecule has 0 saturated heterocycles. The lowest BCUT2D eigenvalue weighted by molar-refractivity contribution is -0.113. The zero-order chi connectivity index (χ0) is 21.6. The third kappa shape index (κ3) is 5.34. The lowest BCUT2D eigenvalue weighted by Gasteiger charge is -2.11. The van der Waals surface area contributed by atoms with Crippen LogP contribution in [0.1, 0.15) is 11.1 Å². The number of hydrogen-bond donors (Lipinski definition) is 1. The van der Waals surface area contributed by atoms with E-state index in [1.54, 1.807) is 0 Å². The SMILES string of the molecule is Cc1cccc(NC(=O)CSc2nnc(-c3ccccc3Cl)n2Cc2ccccc2)c1. The number of amides is 1. The molecule has 1 amide bonds. The van der Waals surface area contributed by atoms with E-state index in [9.17, 15) is 4.79 Å².